The molecule has 266 valence electrons. The second-order valence-electron chi connectivity index (χ2n) is 12.3. The highest BCUT2D eigenvalue weighted by Gasteiger charge is 2.35. The number of hydrogen-bond donors (Lipinski definition) is 3. The van der Waals surface area contributed by atoms with Gasteiger partial charge in [-0.2, -0.15) is 0 Å². The second-order valence-corrected chi connectivity index (χ2v) is 12.3. The molecule has 1 aromatic carbocycles. The van der Waals surface area contributed by atoms with Crippen LogP contribution in [-0.4, -0.2) is 125 Å². The number of likely N-dealkylation sites (tertiary alicyclic amines) is 1. The van der Waals surface area contributed by atoms with Crippen LogP contribution in [0.3, 0.4) is 0 Å². The first-order chi connectivity index (χ1) is 23.4. The Morgan fingerprint density at radius 2 is 1.67 bits per heavy atom. The van der Waals surface area contributed by atoms with Crippen LogP contribution in [0.5, 0.6) is 5.75 Å². The maximum absolute atomic E-state index is 13.7. The third-order valence-corrected chi connectivity index (χ3v) is 8.76. The van der Waals surface area contributed by atoms with Crippen LogP contribution in [0.15, 0.2) is 18.2 Å². The molecule has 2 atom stereocenters. The number of nitrogens with one attached hydrogen (secondary N) is 2. The van der Waals surface area contributed by atoms with Gasteiger partial charge in [0.2, 0.25) is 11.8 Å². The maximum Gasteiger partial charge on any atom is 0.409 e. The van der Waals surface area contributed by atoms with Crippen LogP contribution in [-0.2, 0) is 23.9 Å². The molecule has 0 bridgehead atoms. The Hall–Kier alpha value is -4.95. The molecule has 2 fully saturated rings. The number of benzene rings is 1. The van der Waals surface area contributed by atoms with E-state index < -0.39 is 36.0 Å². The van der Waals surface area contributed by atoms with Gasteiger partial charge in [-0.25, -0.2) is 9.78 Å². The standard InChI is InChI=1S/C34H46N6O9/c1-5-11-35-32(45)27-8-7-12-40(27)29(41)20-49-28-19-26(36-25-18-22(4)21(3)17-23(25)28)31(44)37-24(9-10-30(42)43)33(46)38-13-15-39(16-14-38)34(47)48-6-2/h17-19,24,27H,5-16,20H2,1-4H3,(H,35,45)(H,37,44)(H,42,43). The maximum atomic E-state index is 13.7. The molecule has 5 amide bonds. The predicted octanol–water partition coefficient (Wildman–Crippen LogP) is 2.01. The molecule has 4 rings (SSSR count). The van der Waals surface area contributed by atoms with Crippen molar-refractivity contribution in [3.63, 3.8) is 0 Å². The van der Waals surface area contributed by atoms with Gasteiger partial charge < -0.3 is 39.9 Å². The highest BCUT2D eigenvalue weighted by molar-refractivity contribution is 6.00. The van der Waals surface area contributed by atoms with Crippen LogP contribution in [0.25, 0.3) is 10.9 Å². The molecule has 15 nitrogen and oxygen atoms in total. The lowest BCUT2D eigenvalue weighted by Crippen LogP contribution is -2.56. The van der Waals surface area contributed by atoms with E-state index in [1.807, 2.05) is 26.8 Å². The minimum absolute atomic E-state index is 0.0866. The second kappa shape index (κ2) is 16.9. The number of carbonyl (C=O) groups excluding carboxylic acids is 5. The van der Waals surface area contributed by atoms with Crippen molar-refractivity contribution in [3.05, 3.63) is 35.0 Å². The molecular formula is C34H46N6O9. The third-order valence-electron chi connectivity index (χ3n) is 8.76. The number of aliphatic carboxylic acids is 1. The average Bonchev–Trinajstić information content (AvgIpc) is 3.58. The van der Waals surface area contributed by atoms with E-state index in [0.29, 0.717) is 36.8 Å². The first-order valence-electron chi connectivity index (χ1n) is 16.8. The lowest BCUT2D eigenvalue weighted by Gasteiger charge is -2.35. The number of aromatic nitrogens is 1. The summed E-state index contributed by atoms with van der Waals surface area (Å²) in [7, 11) is 0. The summed E-state index contributed by atoms with van der Waals surface area (Å²) >= 11 is 0. The zero-order valence-electron chi connectivity index (χ0n) is 28.6. The van der Waals surface area contributed by atoms with Gasteiger partial charge in [0.05, 0.1) is 12.1 Å². The number of carboxylic acids is 1. The van der Waals surface area contributed by atoms with E-state index >= 15 is 0 Å². The van der Waals surface area contributed by atoms with E-state index in [9.17, 15) is 33.9 Å². The summed E-state index contributed by atoms with van der Waals surface area (Å²) in [6.45, 7) is 9.11. The molecule has 0 aliphatic carbocycles. The molecule has 2 aliphatic heterocycles. The molecule has 2 aliphatic rings. The lowest BCUT2D eigenvalue weighted by molar-refractivity contribution is -0.140. The predicted molar refractivity (Wildman–Crippen MR) is 178 cm³/mol. The molecule has 1 aromatic heterocycles. The van der Waals surface area contributed by atoms with Crippen molar-refractivity contribution in [2.24, 2.45) is 0 Å². The van der Waals surface area contributed by atoms with Gasteiger partial charge in [0.25, 0.3) is 11.8 Å². The van der Waals surface area contributed by atoms with Crippen LogP contribution in [0, 0.1) is 13.8 Å². The quantitative estimate of drug-likeness (QED) is 0.282. The van der Waals surface area contributed by atoms with Gasteiger partial charge in [-0.15, -0.1) is 0 Å². The Kier molecular flexibility index (Phi) is 12.7. The van der Waals surface area contributed by atoms with E-state index in [-0.39, 0.29) is 75.5 Å². The number of carbonyl (C=O) groups is 6. The minimum Gasteiger partial charge on any atom is -0.483 e. The van der Waals surface area contributed by atoms with E-state index in [0.717, 1.165) is 17.5 Å². The van der Waals surface area contributed by atoms with Gasteiger partial charge >= 0.3 is 12.1 Å². The molecule has 2 unspecified atom stereocenters. The number of ether oxygens (including phenoxy) is 2. The van der Waals surface area contributed by atoms with Crippen molar-refractivity contribution in [1.82, 2.24) is 30.3 Å². The lowest BCUT2D eigenvalue weighted by atomic mass is 10.0. The Bertz CT molecular complexity index is 1570. The molecule has 3 N–H and O–H groups in total. The van der Waals surface area contributed by atoms with Crippen molar-refractivity contribution in [3.8, 4) is 5.75 Å². The summed E-state index contributed by atoms with van der Waals surface area (Å²) in [4.78, 5) is 85.7. The molecule has 0 radical (unpaired) electrons. The Labute approximate surface area is 285 Å². The number of piperazine rings is 1. The number of aryl methyl sites for hydroxylation is 2. The van der Waals surface area contributed by atoms with Crippen molar-refractivity contribution >= 4 is 46.6 Å². The van der Waals surface area contributed by atoms with Crippen LogP contribution in [0.4, 0.5) is 4.79 Å². The normalized spacial score (nSPS) is 16.7. The highest BCUT2D eigenvalue weighted by Crippen LogP contribution is 2.29. The number of hydrogen-bond acceptors (Lipinski definition) is 9. The average molecular weight is 683 g/mol. The first-order valence-corrected chi connectivity index (χ1v) is 16.8. The summed E-state index contributed by atoms with van der Waals surface area (Å²) < 4.78 is 11.1. The summed E-state index contributed by atoms with van der Waals surface area (Å²) in [5.41, 5.74) is 2.20. The minimum atomic E-state index is -1.17. The molecule has 2 saturated heterocycles. The van der Waals surface area contributed by atoms with Crippen LogP contribution in [0.1, 0.15) is 67.6 Å². The molecule has 49 heavy (non-hydrogen) atoms. The van der Waals surface area contributed by atoms with E-state index in [4.69, 9.17) is 9.47 Å². The van der Waals surface area contributed by atoms with E-state index in [2.05, 4.69) is 15.6 Å². The molecule has 0 saturated carbocycles. The fourth-order valence-electron chi connectivity index (χ4n) is 5.92. The van der Waals surface area contributed by atoms with E-state index in [1.165, 1.54) is 20.8 Å². The number of nitrogens with zero attached hydrogens (tertiary/aromatic N) is 4. The monoisotopic (exact) mass is 682 g/mol. The number of pyridine rings is 1. The van der Waals surface area contributed by atoms with Crippen molar-refractivity contribution in [1.29, 1.82) is 0 Å². The summed E-state index contributed by atoms with van der Waals surface area (Å²) in [5, 5.41) is 15.4. The number of fused-ring (bicyclic) bond motifs is 1. The van der Waals surface area contributed by atoms with Crippen molar-refractivity contribution in [2.45, 2.75) is 71.9 Å². The van der Waals surface area contributed by atoms with Gasteiger partial charge in [0, 0.05) is 57.1 Å². The van der Waals surface area contributed by atoms with Crippen molar-refractivity contribution in [2.75, 3.05) is 52.5 Å². The number of rotatable bonds is 13. The topological polar surface area (TPSA) is 188 Å². The third kappa shape index (κ3) is 9.36. The summed E-state index contributed by atoms with van der Waals surface area (Å²) in [6.07, 6.45) is 1.03. The smallest absolute Gasteiger partial charge is 0.409 e. The van der Waals surface area contributed by atoms with Gasteiger partial charge in [-0.05, 0) is 69.7 Å². The number of amides is 5. The Balaban J connectivity index is 1.53. The fourth-order valence-corrected chi connectivity index (χ4v) is 5.92. The largest absolute Gasteiger partial charge is 0.483 e. The van der Waals surface area contributed by atoms with Crippen LogP contribution >= 0.6 is 0 Å². The SMILES string of the molecule is CCCNC(=O)C1CCCN1C(=O)COc1cc(C(=O)NC(CCC(=O)O)C(=O)N2CCN(C(=O)OCC)CC2)nc2cc(C)c(C)cc12. The molecule has 0 spiro atoms. The van der Waals surface area contributed by atoms with Gasteiger partial charge in [-0.3, -0.25) is 24.0 Å². The molecule has 2 aromatic rings. The molecular weight excluding hydrogens is 636 g/mol. The van der Waals surface area contributed by atoms with Gasteiger partial charge in [0.1, 0.15) is 23.5 Å². The Morgan fingerprint density at radius 1 is 0.980 bits per heavy atom. The zero-order valence-corrected chi connectivity index (χ0v) is 28.6. The first kappa shape index (κ1) is 36.9. The highest BCUT2D eigenvalue weighted by atomic mass is 16.6. The fraction of sp³-hybridized carbons (Fsp3) is 0.559. The summed E-state index contributed by atoms with van der Waals surface area (Å²) in [5.74, 6) is -2.66. The number of carboxylic acid groups (broad SMARTS) is 1. The van der Waals surface area contributed by atoms with Gasteiger partial charge in [0.15, 0.2) is 6.61 Å². The van der Waals surface area contributed by atoms with Crippen LogP contribution < -0.4 is 15.4 Å². The van der Waals surface area contributed by atoms with Gasteiger partial charge in [-0.1, -0.05) is 6.92 Å². The van der Waals surface area contributed by atoms with E-state index in [1.54, 1.807) is 13.0 Å². The van der Waals surface area contributed by atoms with Crippen molar-refractivity contribution < 1.29 is 43.3 Å². The van der Waals surface area contributed by atoms with Crippen LogP contribution in [0.2, 0.25) is 0 Å². The molecule has 3 heterocycles. The summed E-state index contributed by atoms with van der Waals surface area (Å²) in [6, 6.07) is 3.29. The zero-order chi connectivity index (χ0) is 35.7. The molecule has 15 heteroatoms. The Morgan fingerprint density at radius 3 is 2.35 bits per heavy atom.